The number of unbranched alkanes of at least 4 members (excludes halogenated alkanes) is 12. The van der Waals surface area contributed by atoms with Crippen LogP contribution in [0.4, 0.5) is 0 Å². The summed E-state index contributed by atoms with van der Waals surface area (Å²) in [5.41, 5.74) is 0. The molecule has 0 aromatic heterocycles. The van der Waals surface area contributed by atoms with Crippen LogP contribution in [0.25, 0.3) is 0 Å². The van der Waals surface area contributed by atoms with Crippen LogP contribution in [0.1, 0.15) is 150 Å². The summed E-state index contributed by atoms with van der Waals surface area (Å²) in [7, 11) is -0.562. The molecule has 2 nitrogen and oxygen atoms in total. The second-order valence-corrected chi connectivity index (χ2v) is 14.1. The van der Waals surface area contributed by atoms with E-state index in [4.69, 9.17) is 5.11 Å². The van der Waals surface area contributed by atoms with E-state index in [2.05, 4.69) is 34.6 Å². The average Bonchev–Trinajstić information content (AvgIpc) is 2.77. The predicted molar refractivity (Wildman–Crippen MR) is 145 cm³/mol. The molecule has 0 rings (SSSR count). The monoisotopic (exact) mass is 459 g/mol. The van der Waals surface area contributed by atoms with Gasteiger partial charge in [-0.15, -0.1) is 0 Å². The van der Waals surface area contributed by atoms with Crippen LogP contribution in [0, 0.1) is 0 Å². The maximum atomic E-state index is 10.2. The first-order valence-electron chi connectivity index (χ1n) is 14.1. The second-order valence-electron chi connectivity index (χ2n) is 9.62. The molecule has 0 aromatic rings. The summed E-state index contributed by atoms with van der Waals surface area (Å²) >= 11 is 0. The van der Waals surface area contributed by atoms with Gasteiger partial charge in [-0.05, 0) is 32.1 Å². The van der Waals surface area contributed by atoms with E-state index in [-0.39, 0.29) is 0 Å². The lowest BCUT2D eigenvalue weighted by Crippen LogP contribution is -2.12. The van der Waals surface area contributed by atoms with Gasteiger partial charge in [-0.1, -0.05) is 112 Å². The molecule has 0 bridgehead atoms. The van der Waals surface area contributed by atoms with Gasteiger partial charge in [0.15, 0.2) is 0 Å². The summed E-state index contributed by atoms with van der Waals surface area (Å²) in [5, 5.41) is 8.41. The fourth-order valence-electron chi connectivity index (χ4n) is 4.23. The zero-order chi connectivity index (χ0) is 23.6. The Morgan fingerprint density at radius 3 is 1.06 bits per heavy atom. The van der Waals surface area contributed by atoms with Crippen LogP contribution in [0.3, 0.4) is 0 Å². The van der Waals surface area contributed by atoms with Crippen molar-refractivity contribution in [1.29, 1.82) is 0 Å². The number of carbonyl (C=O) groups is 1. The molecule has 0 saturated heterocycles. The molecule has 0 amide bonds. The molecule has 31 heavy (non-hydrogen) atoms. The van der Waals surface area contributed by atoms with Gasteiger partial charge in [0, 0.05) is 13.7 Å². The van der Waals surface area contributed by atoms with Crippen molar-refractivity contribution in [1.82, 2.24) is 0 Å². The van der Waals surface area contributed by atoms with E-state index in [9.17, 15) is 4.79 Å². The minimum Gasteiger partial charge on any atom is -0.481 e. The van der Waals surface area contributed by atoms with Crippen LogP contribution < -0.4 is 0 Å². The van der Waals surface area contributed by atoms with Gasteiger partial charge in [0.1, 0.15) is 0 Å². The van der Waals surface area contributed by atoms with Crippen LogP contribution in [0.15, 0.2) is 0 Å². The Hall–Kier alpha value is -0.100. The lowest BCUT2D eigenvalue weighted by molar-refractivity contribution is -0.137. The molecule has 0 radical (unpaired) electrons. The van der Waals surface area contributed by atoms with Crippen molar-refractivity contribution in [2.24, 2.45) is 0 Å². The standard InChI is InChI=1S/C16H36P.C12H24O2/c1-5-9-13-17(14-10-6-2,15-11-7-3)16-12-8-4;1-2-3-4-5-6-7-8-9-10-11-12(13)14/h5-16H2,1-4H3;2-11H2,1H3,(H,13,14)/q+1;. The van der Waals surface area contributed by atoms with Crippen LogP contribution >= 0.6 is 7.26 Å². The number of rotatable bonds is 22. The third-order valence-electron chi connectivity index (χ3n) is 6.44. The van der Waals surface area contributed by atoms with Crippen molar-refractivity contribution in [2.45, 2.75) is 150 Å². The zero-order valence-corrected chi connectivity index (χ0v) is 23.3. The molecule has 1 N–H and O–H groups in total. The quantitative estimate of drug-likeness (QED) is 0.129. The topological polar surface area (TPSA) is 37.3 Å². The number of hydrogen-bond donors (Lipinski definition) is 1. The zero-order valence-electron chi connectivity index (χ0n) is 22.4. The third-order valence-corrected chi connectivity index (χ3v) is 11.5. The molecular weight excluding hydrogens is 399 g/mol. The first kappa shape index (κ1) is 33.1. The summed E-state index contributed by atoms with van der Waals surface area (Å²) in [4.78, 5) is 10.2. The van der Waals surface area contributed by atoms with Crippen LogP contribution in [-0.4, -0.2) is 35.7 Å². The summed E-state index contributed by atoms with van der Waals surface area (Å²) < 4.78 is 0. The third kappa shape index (κ3) is 24.4. The van der Waals surface area contributed by atoms with Crippen LogP contribution in [0.5, 0.6) is 0 Å². The van der Waals surface area contributed by atoms with E-state index in [1.807, 2.05) is 0 Å². The van der Waals surface area contributed by atoms with Crippen LogP contribution in [-0.2, 0) is 4.79 Å². The first-order valence-corrected chi connectivity index (χ1v) is 16.6. The van der Waals surface area contributed by atoms with Crippen LogP contribution in [0.2, 0.25) is 0 Å². The molecule has 0 aliphatic heterocycles. The highest BCUT2D eigenvalue weighted by atomic mass is 31.2. The Labute approximate surface area is 198 Å². The highest BCUT2D eigenvalue weighted by Gasteiger charge is 2.34. The smallest absolute Gasteiger partial charge is 0.303 e. The van der Waals surface area contributed by atoms with Crippen molar-refractivity contribution in [2.75, 3.05) is 24.6 Å². The van der Waals surface area contributed by atoms with Gasteiger partial charge in [-0.3, -0.25) is 4.79 Å². The molecule has 3 heteroatoms. The van der Waals surface area contributed by atoms with Gasteiger partial charge in [0.05, 0.1) is 24.6 Å². The Balaban J connectivity index is 0. The molecular formula is C28H60O2P+. The molecule has 0 aliphatic carbocycles. The Morgan fingerprint density at radius 2 is 0.774 bits per heavy atom. The van der Waals surface area contributed by atoms with E-state index in [1.165, 1.54) is 96.3 Å². The molecule has 188 valence electrons. The van der Waals surface area contributed by atoms with Crippen molar-refractivity contribution in [3.63, 3.8) is 0 Å². The summed E-state index contributed by atoms with van der Waals surface area (Å²) in [6, 6.07) is 0. The van der Waals surface area contributed by atoms with Gasteiger partial charge in [-0.2, -0.15) is 0 Å². The average molecular weight is 460 g/mol. The summed E-state index contributed by atoms with van der Waals surface area (Å²) in [5.74, 6) is -0.659. The minimum absolute atomic E-state index is 0.343. The van der Waals surface area contributed by atoms with Gasteiger partial charge in [0.2, 0.25) is 0 Å². The molecule has 0 aliphatic rings. The van der Waals surface area contributed by atoms with Gasteiger partial charge in [-0.25, -0.2) is 0 Å². The highest BCUT2D eigenvalue weighted by Crippen LogP contribution is 2.61. The van der Waals surface area contributed by atoms with Crippen molar-refractivity contribution >= 4 is 13.2 Å². The van der Waals surface area contributed by atoms with Gasteiger partial charge in [0.25, 0.3) is 0 Å². The van der Waals surface area contributed by atoms with Gasteiger partial charge < -0.3 is 5.11 Å². The normalized spacial score (nSPS) is 11.3. The van der Waals surface area contributed by atoms with E-state index in [0.29, 0.717) is 6.42 Å². The number of carboxylic acids is 1. The predicted octanol–water partition coefficient (Wildman–Crippen LogP) is 10.2. The van der Waals surface area contributed by atoms with Crippen molar-refractivity contribution < 1.29 is 9.90 Å². The Kier molecular flexibility index (Phi) is 27.9. The SMILES string of the molecule is CCCCCCCCCCCC(=O)O.CCCC[P+](CCCC)(CCCC)CCCC. The Bertz CT molecular complexity index is 319. The van der Waals surface area contributed by atoms with Crippen molar-refractivity contribution in [3.8, 4) is 0 Å². The molecule has 0 unspecified atom stereocenters. The lowest BCUT2D eigenvalue weighted by Gasteiger charge is -2.28. The molecule has 0 fully saturated rings. The van der Waals surface area contributed by atoms with E-state index in [1.54, 1.807) is 24.6 Å². The Morgan fingerprint density at radius 1 is 0.484 bits per heavy atom. The fourth-order valence-corrected chi connectivity index (χ4v) is 9.52. The lowest BCUT2D eigenvalue weighted by atomic mass is 10.1. The molecule has 0 atom stereocenters. The molecule has 0 heterocycles. The number of aliphatic carboxylic acids is 1. The molecule has 0 aromatic carbocycles. The van der Waals surface area contributed by atoms with E-state index >= 15 is 0 Å². The van der Waals surface area contributed by atoms with E-state index in [0.717, 1.165) is 12.8 Å². The first-order chi connectivity index (χ1) is 15.0. The van der Waals surface area contributed by atoms with Gasteiger partial charge >= 0.3 is 5.97 Å². The molecule has 0 saturated carbocycles. The summed E-state index contributed by atoms with van der Waals surface area (Å²) in [6.07, 6.45) is 29.4. The largest absolute Gasteiger partial charge is 0.481 e. The van der Waals surface area contributed by atoms with E-state index < -0.39 is 13.2 Å². The fraction of sp³-hybridized carbons (Fsp3) is 0.964. The summed E-state index contributed by atoms with van der Waals surface area (Å²) in [6.45, 7) is 11.6. The maximum absolute atomic E-state index is 10.2. The molecule has 0 spiro atoms. The number of carboxylic acid groups (broad SMARTS) is 1. The highest BCUT2D eigenvalue weighted by molar-refractivity contribution is 7.75. The minimum atomic E-state index is -0.659. The maximum Gasteiger partial charge on any atom is 0.303 e. The number of hydrogen-bond acceptors (Lipinski definition) is 1. The second kappa shape index (κ2) is 26.2. The van der Waals surface area contributed by atoms with Crippen molar-refractivity contribution in [3.05, 3.63) is 0 Å².